The van der Waals surface area contributed by atoms with Gasteiger partial charge in [0, 0.05) is 12.2 Å². The first-order chi connectivity index (χ1) is 11.8. The van der Waals surface area contributed by atoms with Crippen LogP contribution in [0.4, 0.5) is 0 Å². The molecule has 1 aliphatic rings. The molecule has 0 N–H and O–H groups in total. The maximum atomic E-state index is 5.20. The zero-order valence-electron chi connectivity index (χ0n) is 13.2. The van der Waals surface area contributed by atoms with Gasteiger partial charge in [0.25, 0.3) is 0 Å². The van der Waals surface area contributed by atoms with E-state index >= 15 is 0 Å². The lowest BCUT2D eigenvalue weighted by Crippen LogP contribution is -2.14. The lowest BCUT2D eigenvalue weighted by atomic mass is 10.1. The van der Waals surface area contributed by atoms with Gasteiger partial charge in [-0.2, -0.15) is 9.78 Å². The van der Waals surface area contributed by atoms with Gasteiger partial charge < -0.3 is 4.74 Å². The van der Waals surface area contributed by atoms with E-state index in [-0.39, 0.29) is 0 Å². The number of hydrogen-bond donors (Lipinski definition) is 0. The summed E-state index contributed by atoms with van der Waals surface area (Å²) in [6.07, 6.45) is 0.684. The minimum absolute atomic E-state index is 0.684. The molecule has 0 bridgehead atoms. The molecular weight excluding hydrogens is 320 g/mol. The second-order valence-electron chi connectivity index (χ2n) is 5.44. The number of nitrogens with zero attached hydrogens (tertiary/aromatic N) is 4. The molecular formula is C18H16N4OS. The lowest BCUT2D eigenvalue weighted by molar-refractivity contribution is 0.414. The van der Waals surface area contributed by atoms with E-state index in [1.54, 1.807) is 18.9 Å². The van der Waals surface area contributed by atoms with E-state index in [1.165, 1.54) is 0 Å². The fourth-order valence-corrected chi connectivity index (χ4v) is 3.43. The summed E-state index contributed by atoms with van der Waals surface area (Å²) in [5, 5.41) is 14.2. The SMILES string of the molecule is COc1ccc(Cc2nnc3n2N=C(c2ccccc2)CS3)cc1. The molecule has 1 aliphatic heterocycles. The van der Waals surface area contributed by atoms with Crippen molar-refractivity contribution in [3.05, 3.63) is 71.5 Å². The molecule has 2 aromatic carbocycles. The largest absolute Gasteiger partial charge is 0.497 e. The first-order valence-corrected chi connectivity index (χ1v) is 8.65. The molecule has 6 heteroatoms. The molecule has 0 amide bonds. The van der Waals surface area contributed by atoms with Gasteiger partial charge >= 0.3 is 0 Å². The van der Waals surface area contributed by atoms with Crippen LogP contribution in [-0.2, 0) is 6.42 Å². The highest BCUT2D eigenvalue weighted by atomic mass is 32.2. The minimum Gasteiger partial charge on any atom is -0.497 e. The number of thioether (sulfide) groups is 1. The predicted molar refractivity (Wildman–Crippen MR) is 94.9 cm³/mol. The Hall–Kier alpha value is -2.60. The molecule has 0 radical (unpaired) electrons. The molecule has 0 saturated carbocycles. The number of rotatable bonds is 4. The Bertz CT molecular complexity index is 872. The van der Waals surface area contributed by atoms with Gasteiger partial charge in [-0.25, -0.2) is 0 Å². The second kappa shape index (κ2) is 6.49. The van der Waals surface area contributed by atoms with Crippen LogP contribution in [0.3, 0.4) is 0 Å². The Labute approximate surface area is 144 Å². The van der Waals surface area contributed by atoms with Gasteiger partial charge in [-0.15, -0.1) is 10.2 Å². The van der Waals surface area contributed by atoms with E-state index in [1.807, 2.05) is 47.1 Å². The van der Waals surface area contributed by atoms with Crippen LogP contribution in [-0.4, -0.2) is 33.4 Å². The molecule has 0 saturated heterocycles. The van der Waals surface area contributed by atoms with Crippen molar-refractivity contribution in [3.63, 3.8) is 0 Å². The molecule has 2 heterocycles. The van der Waals surface area contributed by atoms with E-state index in [4.69, 9.17) is 9.84 Å². The van der Waals surface area contributed by atoms with Gasteiger partial charge in [-0.1, -0.05) is 54.2 Å². The second-order valence-corrected chi connectivity index (χ2v) is 6.38. The highest BCUT2D eigenvalue weighted by molar-refractivity contribution is 7.99. The average Bonchev–Trinajstić information content (AvgIpc) is 3.05. The molecule has 0 fully saturated rings. The fourth-order valence-electron chi connectivity index (χ4n) is 2.58. The fraction of sp³-hybridized carbons (Fsp3) is 0.167. The van der Waals surface area contributed by atoms with Crippen LogP contribution in [0.15, 0.2) is 64.9 Å². The highest BCUT2D eigenvalue weighted by Crippen LogP contribution is 2.25. The van der Waals surface area contributed by atoms with Crippen LogP contribution < -0.4 is 4.74 Å². The van der Waals surface area contributed by atoms with Crippen molar-refractivity contribution in [3.8, 4) is 5.75 Å². The first-order valence-electron chi connectivity index (χ1n) is 7.67. The zero-order chi connectivity index (χ0) is 16.4. The molecule has 0 aliphatic carbocycles. The smallest absolute Gasteiger partial charge is 0.212 e. The normalized spacial score (nSPS) is 13.3. The number of ether oxygens (including phenoxy) is 1. The minimum atomic E-state index is 0.684. The van der Waals surface area contributed by atoms with E-state index in [0.717, 1.165) is 39.3 Å². The number of aromatic nitrogens is 3. The van der Waals surface area contributed by atoms with Gasteiger partial charge in [-0.3, -0.25) is 0 Å². The maximum Gasteiger partial charge on any atom is 0.212 e. The summed E-state index contributed by atoms with van der Waals surface area (Å²) in [6.45, 7) is 0. The standard InChI is InChI=1S/C18H16N4OS/c1-23-15-9-7-13(8-10-15)11-17-19-20-18-22(17)21-16(12-24-18)14-5-3-2-4-6-14/h2-10H,11-12H2,1H3. The Morgan fingerprint density at radius 2 is 1.83 bits per heavy atom. The van der Waals surface area contributed by atoms with Crippen molar-refractivity contribution in [2.24, 2.45) is 5.10 Å². The molecule has 0 unspecified atom stereocenters. The number of fused-ring (bicyclic) bond motifs is 1. The van der Waals surface area contributed by atoms with Crippen LogP contribution in [0.5, 0.6) is 5.75 Å². The van der Waals surface area contributed by atoms with Crippen molar-refractivity contribution in [1.29, 1.82) is 0 Å². The summed E-state index contributed by atoms with van der Waals surface area (Å²) in [6, 6.07) is 18.2. The van der Waals surface area contributed by atoms with Crippen LogP contribution >= 0.6 is 11.8 Å². The van der Waals surface area contributed by atoms with E-state index in [2.05, 4.69) is 22.3 Å². The quantitative estimate of drug-likeness (QED) is 0.734. The molecule has 4 rings (SSSR count). The molecule has 24 heavy (non-hydrogen) atoms. The third-order valence-electron chi connectivity index (χ3n) is 3.86. The number of hydrogen-bond acceptors (Lipinski definition) is 5. The lowest BCUT2D eigenvalue weighted by Gasteiger charge is -2.14. The Kier molecular flexibility index (Phi) is 4.04. The Morgan fingerprint density at radius 3 is 2.58 bits per heavy atom. The average molecular weight is 336 g/mol. The van der Waals surface area contributed by atoms with Crippen molar-refractivity contribution in [2.75, 3.05) is 12.9 Å². The third kappa shape index (κ3) is 2.92. The zero-order valence-corrected chi connectivity index (χ0v) is 14.0. The van der Waals surface area contributed by atoms with Crippen LogP contribution in [0.1, 0.15) is 17.0 Å². The third-order valence-corrected chi connectivity index (χ3v) is 4.79. The Morgan fingerprint density at radius 1 is 1.04 bits per heavy atom. The van der Waals surface area contributed by atoms with Crippen LogP contribution in [0, 0.1) is 0 Å². The molecule has 3 aromatic rings. The molecule has 5 nitrogen and oxygen atoms in total. The maximum absolute atomic E-state index is 5.20. The summed E-state index contributed by atoms with van der Waals surface area (Å²) >= 11 is 1.67. The molecule has 0 atom stereocenters. The monoisotopic (exact) mass is 336 g/mol. The topological polar surface area (TPSA) is 52.3 Å². The van der Waals surface area contributed by atoms with E-state index in [9.17, 15) is 0 Å². The molecule has 1 aromatic heterocycles. The summed E-state index contributed by atoms with van der Waals surface area (Å²) < 4.78 is 7.06. The number of methoxy groups -OCH3 is 1. The van der Waals surface area contributed by atoms with Crippen molar-refractivity contribution in [2.45, 2.75) is 11.6 Å². The van der Waals surface area contributed by atoms with Crippen molar-refractivity contribution >= 4 is 17.5 Å². The summed E-state index contributed by atoms with van der Waals surface area (Å²) in [5.41, 5.74) is 3.33. The van der Waals surface area contributed by atoms with E-state index < -0.39 is 0 Å². The Balaban J connectivity index is 1.64. The summed E-state index contributed by atoms with van der Waals surface area (Å²) in [7, 11) is 1.67. The summed E-state index contributed by atoms with van der Waals surface area (Å²) in [4.78, 5) is 0. The van der Waals surface area contributed by atoms with Gasteiger partial charge in [-0.05, 0) is 23.3 Å². The van der Waals surface area contributed by atoms with Crippen LogP contribution in [0.25, 0.3) is 0 Å². The van der Waals surface area contributed by atoms with Gasteiger partial charge in [0.2, 0.25) is 5.16 Å². The molecule has 120 valence electrons. The van der Waals surface area contributed by atoms with E-state index in [0.29, 0.717) is 6.42 Å². The predicted octanol–water partition coefficient (Wildman–Crippen LogP) is 3.24. The van der Waals surface area contributed by atoms with Crippen molar-refractivity contribution < 1.29 is 4.74 Å². The van der Waals surface area contributed by atoms with Crippen molar-refractivity contribution in [1.82, 2.24) is 14.9 Å². The van der Waals surface area contributed by atoms with Gasteiger partial charge in [0.05, 0.1) is 12.8 Å². The van der Waals surface area contributed by atoms with Gasteiger partial charge in [0.1, 0.15) is 5.75 Å². The summed E-state index contributed by atoms with van der Waals surface area (Å²) in [5.74, 6) is 2.50. The number of benzene rings is 2. The first kappa shape index (κ1) is 15.0. The highest BCUT2D eigenvalue weighted by Gasteiger charge is 2.19. The van der Waals surface area contributed by atoms with Crippen LogP contribution in [0.2, 0.25) is 0 Å². The van der Waals surface area contributed by atoms with Gasteiger partial charge in [0.15, 0.2) is 5.82 Å². The molecule has 0 spiro atoms.